The van der Waals surface area contributed by atoms with Crippen molar-refractivity contribution in [3.8, 4) is 0 Å². The molecule has 0 bridgehead atoms. The van der Waals surface area contributed by atoms with Crippen LogP contribution in [0.15, 0.2) is 73.1 Å². The van der Waals surface area contributed by atoms with Crippen molar-refractivity contribution in [3.63, 3.8) is 0 Å². The molecule has 1 N–H and O–H groups in total. The van der Waals surface area contributed by atoms with Crippen molar-refractivity contribution in [3.05, 3.63) is 89.7 Å². The number of anilines is 1. The van der Waals surface area contributed by atoms with Crippen molar-refractivity contribution in [1.82, 2.24) is 15.3 Å². The van der Waals surface area contributed by atoms with Crippen LogP contribution in [0.4, 0.5) is 5.95 Å². The molecule has 1 aromatic heterocycles. The van der Waals surface area contributed by atoms with Crippen LogP contribution in [0.2, 0.25) is 0 Å². The molecule has 0 saturated heterocycles. The largest absolute Gasteiger partial charge is 0.348 e. The van der Waals surface area contributed by atoms with Crippen LogP contribution in [0.3, 0.4) is 0 Å². The summed E-state index contributed by atoms with van der Waals surface area (Å²) in [5.74, 6) is 0.447. The summed E-state index contributed by atoms with van der Waals surface area (Å²) >= 11 is 0. The molecule has 5 nitrogen and oxygen atoms in total. The fraction of sp³-hybridized carbons (Fsp3) is 0.190. The van der Waals surface area contributed by atoms with Crippen molar-refractivity contribution in [2.45, 2.75) is 20.0 Å². The van der Waals surface area contributed by atoms with Gasteiger partial charge in [0.1, 0.15) is 0 Å². The first-order valence-corrected chi connectivity index (χ1v) is 8.69. The molecule has 0 aliphatic heterocycles. The molecule has 0 fully saturated rings. The molecular formula is C21H22N4O. The van der Waals surface area contributed by atoms with E-state index in [-0.39, 0.29) is 5.91 Å². The number of carbonyl (C=O) groups is 1. The van der Waals surface area contributed by atoms with E-state index in [0.717, 1.165) is 18.7 Å². The Hall–Kier alpha value is -3.21. The van der Waals surface area contributed by atoms with Gasteiger partial charge in [-0.2, -0.15) is 0 Å². The van der Waals surface area contributed by atoms with Crippen molar-refractivity contribution in [1.29, 1.82) is 0 Å². The van der Waals surface area contributed by atoms with E-state index >= 15 is 0 Å². The summed E-state index contributed by atoms with van der Waals surface area (Å²) in [6.45, 7) is 4.06. The number of hydrogen-bond donors (Lipinski definition) is 1. The lowest BCUT2D eigenvalue weighted by Crippen LogP contribution is -2.26. The van der Waals surface area contributed by atoms with Crippen LogP contribution >= 0.6 is 0 Å². The van der Waals surface area contributed by atoms with Gasteiger partial charge >= 0.3 is 0 Å². The molecule has 0 spiro atoms. The second-order valence-corrected chi connectivity index (χ2v) is 5.94. The summed E-state index contributed by atoms with van der Waals surface area (Å²) in [6, 6.07) is 20.0. The van der Waals surface area contributed by atoms with Crippen molar-refractivity contribution in [2.75, 3.05) is 11.4 Å². The number of nitrogens with zero attached hydrogens (tertiary/aromatic N) is 3. The van der Waals surface area contributed by atoms with Gasteiger partial charge in [0.25, 0.3) is 5.91 Å². The Bertz CT molecular complexity index is 820. The van der Waals surface area contributed by atoms with E-state index in [1.807, 2.05) is 48.5 Å². The first-order valence-electron chi connectivity index (χ1n) is 8.69. The van der Waals surface area contributed by atoms with E-state index in [0.29, 0.717) is 18.1 Å². The molecule has 3 aromatic rings. The molecule has 0 unspecified atom stereocenters. The lowest BCUT2D eigenvalue weighted by atomic mass is 10.2. The summed E-state index contributed by atoms with van der Waals surface area (Å²) in [4.78, 5) is 23.1. The zero-order chi connectivity index (χ0) is 18.2. The predicted molar refractivity (Wildman–Crippen MR) is 103 cm³/mol. The zero-order valence-electron chi connectivity index (χ0n) is 14.8. The standard InChI is InChI=1S/C21H22N4O/c1-2-25(16-18-11-7-4-8-12-18)21-23-14-19(15-24-21)20(26)22-13-17-9-5-3-6-10-17/h3-12,14-15H,2,13,16H2,1H3,(H,22,26). The summed E-state index contributed by atoms with van der Waals surface area (Å²) in [6.07, 6.45) is 3.16. The number of hydrogen-bond acceptors (Lipinski definition) is 4. The quantitative estimate of drug-likeness (QED) is 0.712. The smallest absolute Gasteiger partial charge is 0.254 e. The monoisotopic (exact) mass is 346 g/mol. The van der Waals surface area contributed by atoms with E-state index in [1.54, 1.807) is 12.4 Å². The van der Waals surface area contributed by atoms with Crippen molar-refractivity contribution < 1.29 is 4.79 Å². The highest BCUT2D eigenvalue weighted by molar-refractivity contribution is 5.93. The minimum atomic E-state index is -0.175. The normalized spacial score (nSPS) is 10.3. The molecule has 1 amide bonds. The van der Waals surface area contributed by atoms with Crippen molar-refractivity contribution >= 4 is 11.9 Å². The van der Waals surface area contributed by atoms with E-state index in [1.165, 1.54) is 5.56 Å². The summed E-state index contributed by atoms with van der Waals surface area (Å²) < 4.78 is 0. The first kappa shape index (κ1) is 17.6. The highest BCUT2D eigenvalue weighted by atomic mass is 16.1. The molecule has 5 heteroatoms. The number of aromatic nitrogens is 2. The van der Waals surface area contributed by atoms with Gasteiger partial charge in [-0.05, 0) is 18.1 Å². The molecule has 3 rings (SSSR count). The van der Waals surface area contributed by atoms with E-state index < -0.39 is 0 Å². The Morgan fingerprint density at radius 2 is 1.50 bits per heavy atom. The van der Waals surface area contributed by atoms with Gasteiger partial charge in [-0.25, -0.2) is 9.97 Å². The number of nitrogens with one attached hydrogen (secondary N) is 1. The van der Waals surface area contributed by atoms with Crippen molar-refractivity contribution in [2.24, 2.45) is 0 Å². The Labute approximate surface area is 153 Å². The average Bonchev–Trinajstić information content (AvgIpc) is 2.72. The van der Waals surface area contributed by atoms with Gasteiger partial charge < -0.3 is 10.2 Å². The van der Waals surface area contributed by atoms with Crippen LogP contribution in [0, 0.1) is 0 Å². The highest BCUT2D eigenvalue weighted by Crippen LogP contribution is 2.12. The minimum absolute atomic E-state index is 0.175. The third-order valence-electron chi connectivity index (χ3n) is 4.08. The lowest BCUT2D eigenvalue weighted by Gasteiger charge is -2.20. The first-order chi connectivity index (χ1) is 12.8. The highest BCUT2D eigenvalue weighted by Gasteiger charge is 2.11. The maximum absolute atomic E-state index is 12.3. The molecule has 2 aromatic carbocycles. The topological polar surface area (TPSA) is 58.1 Å². The second kappa shape index (κ2) is 8.76. The van der Waals surface area contributed by atoms with Gasteiger partial charge in [-0.3, -0.25) is 4.79 Å². The van der Waals surface area contributed by atoms with Crippen LogP contribution in [0.1, 0.15) is 28.4 Å². The molecule has 132 valence electrons. The molecule has 26 heavy (non-hydrogen) atoms. The average molecular weight is 346 g/mol. The molecule has 0 radical (unpaired) electrons. The molecular weight excluding hydrogens is 324 g/mol. The Morgan fingerprint density at radius 1 is 0.923 bits per heavy atom. The van der Waals surface area contributed by atoms with Gasteiger partial charge in [0.15, 0.2) is 0 Å². The Kier molecular flexibility index (Phi) is 5.93. The lowest BCUT2D eigenvalue weighted by molar-refractivity contribution is 0.0950. The van der Waals surface area contributed by atoms with Gasteiger partial charge in [0.05, 0.1) is 5.56 Å². The molecule has 0 saturated carbocycles. The third-order valence-corrected chi connectivity index (χ3v) is 4.08. The van der Waals surface area contributed by atoms with E-state index in [9.17, 15) is 4.79 Å². The summed E-state index contributed by atoms with van der Waals surface area (Å²) in [5, 5.41) is 2.89. The fourth-order valence-corrected chi connectivity index (χ4v) is 2.61. The van der Waals surface area contributed by atoms with Gasteiger partial charge in [0, 0.05) is 32.0 Å². The Morgan fingerprint density at radius 3 is 2.08 bits per heavy atom. The van der Waals surface area contributed by atoms with Crippen LogP contribution < -0.4 is 10.2 Å². The van der Waals surface area contributed by atoms with Crippen LogP contribution in [-0.4, -0.2) is 22.4 Å². The van der Waals surface area contributed by atoms with Gasteiger partial charge in [-0.1, -0.05) is 60.7 Å². The molecule has 0 aliphatic carbocycles. The SMILES string of the molecule is CCN(Cc1ccccc1)c1ncc(C(=O)NCc2ccccc2)cn1. The summed E-state index contributed by atoms with van der Waals surface area (Å²) in [7, 11) is 0. The summed E-state index contributed by atoms with van der Waals surface area (Å²) in [5.41, 5.74) is 2.71. The van der Waals surface area contributed by atoms with Gasteiger partial charge in [0.2, 0.25) is 5.95 Å². The number of benzene rings is 2. The minimum Gasteiger partial charge on any atom is -0.348 e. The van der Waals surface area contributed by atoms with Crippen LogP contribution in [0.25, 0.3) is 0 Å². The maximum Gasteiger partial charge on any atom is 0.254 e. The van der Waals surface area contributed by atoms with Crippen LogP contribution in [0.5, 0.6) is 0 Å². The number of rotatable bonds is 7. The maximum atomic E-state index is 12.3. The molecule has 1 heterocycles. The zero-order valence-corrected chi connectivity index (χ0v) is 14.8. The third kappa shape index (κ3) is 4.66. The molecule has 0 aliphatic rings. The van der Waals surface area contributed by atoms with Crippen LogP contribution in [-0.2, 0) is 13.1 Å². The van der Waals surface area contributed by atoms with E-state index in [4.69, 9.17) is 0 Å². The van der Waals surface area contributed by atoms with Gasteiger partial charge in [-0.15, -0.1) is 0 Å². The second-order valence-electron chi connectivity index (χ2n) is 5.94. The number of amides is 1. The molecule has 0 atom stereocenters. The Balaban J connectivity index is 1.62. The fourth-order valence-electron chi connectivity index (χ4n) is 2.61. The van der Waals surface area contributed by atoms with E-state index in [2.05, 4.69) is 39.2 Å². The predicted octanol–water partition coefficient (Wildman–Crippen LogP) is 3.43. The number of carbonyl (C=O) groups excluding carboxylic acids is 1.